The van der Waals surface area contributed by atoms with E-state index in [1.165, 1.54) is 55.8 Å². The summed E-state index contributed by atoms with van der Waals surface area (Å²) in [6.45, 7) is 0. The van der Waals surface area contributed by atoms with Crippen LogP contribution in [0.3, 0.4) is 0 Å². The number of aromatic nitrogens is 1. The molecular formula is C24H25N3O10S. The van der Waals surface area contributed by atoms with Crippen molar-refractivity contribution in [3.8, 4) is 11.5 Å². The molecule has 2 aromatic carbocycles. The van der Waals surface area contributed by atoms with Gasteiger partial charge in [0.2, 0.25) is 6.29 Å². The molecule has 1 aliphatic rings. The average Bonchev–Trinajstić information content (AvgIpc) is 2.90. The van der Waals surface area contributed by atoms with E-state index in [-0.39, 0.29) is 22.2 Å². The zero-order valence-electron chi connectivity index (χ0n) is 19.8. The topological polar surface area (TPSA) is 197 Å². The van der Waals surface area contributed by atoms with Crippen LogP contribution in [-0.4, -0.2) is 77.6 Å². The van der Waals surface area contributed by atoms with Crippen molar-refractivity contribution in [1.82, 2.24) is 4.98 Å². The summed E-state index contributed by atoms with van der Waals surface area (Å²) in [5.74, 6) is -0.634. The Morgan fingerprint density at radius 3 is 2.24 bits per heavy atom. The van der Waals surface area contributed by atoms with Gasteiger partial charge in [0, 0.05) is 11.9 Å². The van der Waals surface area contributed by atoms with Gasteiger partial charge < -0.3 is 40.0 Å². The number of carboxylic acids is 1. The molecule has 38 heavy (non-hydrogen) atoms. The van der Waals surface area contributed by atoms with Crippen LogP contribution in [0.5, 0.6) is 11.5 Å². The standard InChI is InChI=1S/C24H25N3O10S/c1-35-14-8-10-16(11-9-14)38(33,34)27-17-3-2-12-25-22(17)26-13-4-6-15(7-5-13)36-24-20(30)18(28)19(29)21(37-24)23(31)32/h2-12,18-21,24,27-30H,1H3,(H,25,26)(H,31,32)/t18-,19-,20+,21-,24+/m0/s1. The lowest BCUT2D eigenvalue weighted by molar-refractivity contribution is -0.271. The van der Waals surface area contributed by atoms with Gasteiger partial charge in [-0.15, -0.1) is 0 Å². The molecule has 1 fully saturated rings. The minimum absolute atomic E-state index is 0.0319. The van der Waals surface area contributed by atoms with Crippen molar-refractivity contribution in [2.75, 3.05) is 17.1 Å². The fourth-order valence-corrected chi connectivity index (χ4v) is 4.65. The Labute approximate surface area is 217 Å². The largest absolute Gasteiger partial charge is 0.497 e. The maximum atomic E-state index is 12.8. The number of aliphatic carboxylic acids is 1. The van der Waals surface area contributed by atoms with Crippen LogP contribution in [0.2, 0.25) is 0 Å². The molecule has 0 saturated carbocycles. The summed E-state index contributed by atoms with van der Waals surface area (Å²) in [5.41, 5.74) is 0.680. The number of ether oxygens (including phenoxy) is 3. The molecule has 0 unspecified atom stereocenters. The first kappa shape index (κ1) is 27.1. The number of hydrogen-bond donors (Lipinski definition) is 6. The number of rotatable bonds is 9. The number of methoxy groups -OCH3 is 1. The second-order valence-electron chi connectivity index (χ2n) is 8.18. The van der Waals surface area contributed by atoms with Gasteiger partial charge in [-0.2, -0.15) is 0 Å². The first-order valence-corrected chi connectivity index (χ1v) is 12.7. The van der Waals surface area contributed by atoms with E-state index in [2.05, 4.69) is 15.0 Å². The predicted octanol–water partition coefficient (Wildman–Crippen LogP) is 0.906. The first-order valence-electron chi connectivity index (χ1n) is 11.2. The number of nitrogens with zero attached hydrogens (tertiary/aromatic N) is 1. The van der Waals surface area contributed by atoms with Gasteiger partial charge in [0.25, 0.3) is 10.0 Å². The molecule has 14 heteroatoms. The minimum atomic E-state index is -3.92. The average molecular weight is 548 g/mol. The molecular weight excluding hydrogens is 522 g/mol. The second-order valence-corrected chi connectivity index (χ2v) is 9.87. The number of carbonyl (C=O) groups is 1. The summed E-state index contributed by atoms with van der Waals surface area (Å²) < 4.78 is 43.8. The van der Waals surface area contributed by atoms with Gasteiger partial charge in [-0.3, -0.25) is 4.72 Å². The summed E-state index contributed by atoms with van der Waals surface area (Å²) in [6.07, 6.45) is -7.19. The van der Waals surface area contributed by atoms with Crippen LogP contribution >= 0.6 is 0 Å². The molecule has 6 N–H and O–H groups in total. The molecule has 4 rings (SSSR count). The van der Waals surface area contributed by atoms with Gasteiger partial charge >= 0.3 is 5.97 Å². The van der Waals surface area contributed by atoms with Crippen molar-refractivity contribution < 1.29 is 47.8 Å². The molecule has 0 aliphatic carbocycles. The van der Waals surface area contributed by atoms with Crippen molar-refractivity contribution in [3.63, 3.8) is 0 Å². The maximum Gasteiger partial charge on any atom is 0.335 e. The summed E-state index contributed by atoms with van der Waals surface area (Å²) in [7, 11) is -2.45. The van der Waals surface area contributed by atoms with Crippen molar-refractivity contribution >= 4 is 33.2 Å². The Balaban J connectivity index is 1.46. The van der Waals surface area contributed by atoms with Crippen LogP contribution in [-0.2, 0) is 19.6 Å². The quantitative estimate of drug-likeness (QED) is 0.222. The number of nitrogens with one attached hydrogen (secondary N) is 2. The van der Waals surface area contributed by atoms with Crippen LogP contribution in [0.1, 0.15) is 0 Å². The molecule has 202 valence electrons. The van der Waals surface area contributed by atoms with Gasteiger partial charge in [-0.1, -0.05) is 0 Å². The number of aliphatic hydroxyl groups is 3. The second kappa shape index (κ2) is 11.2. The lowest BCUT2D eigenvalue weighted by Crippen LogP contribution is -2.61. The molecule has 2 heterocycles. The van der Waals surface area contributed by atoms with Crippen LogP contribution in [0.25, 0.3) is 0 Å². The van der Waals surface area contributed by atoms with Gasteiger partial charge in [0.1, 0.15) is 29.8 Å². The number of carboxylic acid groups (broad SMARTS) is 1. The van der Waals surface area contributed by atoms with E-state index < -0.39 is 46.7 Å². The van der Waals surface area contributed by atoms with Crippen molar-refractivity contribution in [3.05, 3.63) is 66.9 Å². The van der Waals surface area contributed by atoms with Gasteiger partial charge in [-0.05, 0) is 60.7 Å². The van der Waals surface area contributed by atoms with Crippen LogP contribution in [0, 0.1) is 0 Å². The third-order valence-electron chi connectivity index (χ3n) is 5.60. The molecule has 1 aliphatic heterocycles. The smallest absolute Gasteiger partial charge is 0.335 e. The van der Waals surface area contributed by atoms with Gasteiger partial charge in [0.05, 0.1) is 17.7 Å². The lowest BCUT2D eigenvalue weighted by Gasteiger charge is -2.38. The molecule has 13 nitrogen and oxygen atoms in total. The molecule has 0 amide bonds. The van der Waals surface area contributed by atoms with E-state index in [4.69, 9.17) is 19.3 Å². The summed E-state index contributed by atoms with van der Waals surface area (Å²) >= 11 is 0. The third-order valence-corrected chi connectivity index (χ3v) is 6.99. The fraction of sp³-hybridized carbons (Fsp3) is 0.250. The molecule has 0 spiro atoms. The summed E-state index contributed by atoms with van der Waals surface area (Å²) in [6, 6.07) is 15.0. The first-order chi connectivity index (χ1) is 18.1. The predicted molar refractivity (Wildman–Crippen MR) is 133 cm³/mol. The number of anilines is 3. The van der Waals surface area contributed by atoms with Crippen molar-refractivity contribution in [2.45, 2.75) is 35.6 Å². The van der Waals surface area contributed by atoms with E-state index in [1.807, 2.05) is 0 Å². The number of aliphatic hydroxyl groups excluding tert-OH is 3. The molecule has 1 saturated heterocycles. The van der Waals surface area contributed by atoms with Gasteiger partial charge in [-0.25, -0.2) is 18.2 Å². The molecule has 0 bridgehead atoms. The van der Waals surface area contributed by atoms with Crippen LogP contribution in [0.4, 0.5) is 17.2 Å². The highest BCUT2D eigenvalue weighted by Crippen LogP contribution is 2.29. The van der Waals surface area contributed by atoms with Crippen LogP contribution in [0.15, 0.2) is 71.8 Å². The Bertz CT molecular complexity index is 1370. The Morgan fingerprint density at radius 2 is 1.61 bits per heavy atom. The number of pyridine rings is 1. The minimum Gasteiger partial charge on any atom is -0.497 e. The lowest BCUT2D eigenvalue weighted by atomic mass is 9.99. The fourth-order valence-electron chi connectivity index (χ4n) is 3.58. The van der Waals surface area contributed by atoms with E-state index in [1.54, 1.807) is 18.2 Å². The van der Waals surface area contributed by atoms with E-state index >= 15 is 0 Å². The highest BCUT2D eigenvalue weighted by molar-refractivity contribution is 7.92. The molecule has 1 aromatic heterocycles. The van der Waals surface area contributed by atoms with E-state index in [9.17, 15) is 28.5 Å². The number of benzene rings is 2. The summed E-state index contributed by atoms with van der Waals surface area (Å²) in [4.78, 5) is 15.5. The zero-order valence-corrected chi connectivity index (χ0v) is 20.6. The molecule has 3 aromatic rings. The molecule has 5 atom stereocenters. The SMILES string of the molecule is COc1ccc(S(=O)(=O)Nc2cccnc2Nc2ccc(O[C@@H]3O[C@H](C(=O)O)[C@@H](O)[C@H](O)[C@H]3O)cc2)cc1. The Kier molecular flexibility index (Phi) is 7.99. The van der Waals surface area contributed by atoms with Crippen molar-refractivity contribution in [2.24, 2.45) is 0 Å². The Hall–Kier alpha value is -3.95. The van der Waals surface area contributed by atoms with E-state index in [0.717, 1.165) is 0 Å². The normalized spacial score (nSPS) is 23.3. The summed E-state index contributed by atoms with van der Waals surface area (Å²) in [5, 5.41) is 42.0. The molecule has 0 radical (unpaired) electrons. The maximum absolute atomic E-state index is 12.8. The zero-order chi connectivity index (χ0) is 27.4. The highest BCUT2D eigenvalue weighted by Gasteiger charge is 2.48. The number of hydrogen-bond acceptors (Lipinski definition) is 11. The van der Waals surface area contributed by atoms with Crippen molar-refractivity contribution in [1.29, 1.82) is 0 Å². The number of sulfonamides is 1. The Morgan fingerprint density at radius 1 is 0.947 bits per heavy atom. The van der Waals surface area contributed by atoms with E-state index in [0.29, 0.717) is 11.4 Å². The van der Waals surface area contributed by atoms with Crippen LogP contribution < -0.4 is 19.5 Å². The highest BCUT2D eigenvalue weighted by atomic mass is 32.2. The van der Waals surface area contributed by atoms with Gasteiger partial charge in [0.15, 0.2) is 11.9 Å². The monoisotopic (exact) mass is 547 g/mol. The third kappa shape index (κ3) is 5.95.